The predicted octanol–water partition coefficient (Wildman–Crippen LogP) is 13.8. The van der Waals surface area contributed by atoms with Gasteiger partial charge in [0.15, 0.2) is 17.5 Å². The van der Waals surface area contributed by atoms with Crippen LogP contribution in [-0.2, 0) is 0 Å². The van der Waals surface area contributed by atoms with E-state index in [1.165, 1.54) is 38.6 Å². The second-order valence-corrected chi connectivity index (χ2v) is 13.9. The van der Waals surface area contributed by atoms with Crippen LogP contribution in [-0.4, -0.2) is 15.0 Å². The number of benzene rings is 9. The van der Waals surface area contributed by atoms with Crippen LogP contribution in [0, 0.1) is 0 Å². The molecule has 0 radical (unpaired) electrons. The second-order valence-electron chi connectivity index (χ2n) is 13.9. The van der Waals surface area contributed by atoms with Gasteiger partial charge in [0.1, 0.15) is 0 Å². The summed E-state index contributed by atoms with van der Waals surface area (Å²) < 4.78 is 0. The van der Waals surface area contributed by atoms with Gasteiger partial charge >= 0.3 is 0 Å². The van der Waals surface area contributed by atoms with Crippen LogP contribution in [0.15, 0.2) is 212 Å². The maximum absolute atomic E-state index is 5.24. The highest BCUT2D eigenvalue weighted by Crippen LogP contribution is 2.42. The molecule has 56 heavy (non-hydrogen) atoms. The molecule has 9 aromatic carbocycles. The van der Waals surface area contributed by atoms with E-state index < -0.39 is 0 Å². The van der Waals surface area contributed by atoms with Crippen LogP contribution in [0.2, 0.25) is 0 Å². The van der Waals surface area contributed by atoms with E-state index in [4.69, 9.17) is 15.0 Å². The average Bonchev–Trinajstić information content (AvgIpc) is 3.29. The van der Waals surface area contributed by atoms with Crippen LogP contribution in [0.3, 0.4) is 0 Å². The number of rotatable bonds is 7. The summed E-state index contributed by atoms with van der Waals surface area (Å²) in [5.74, 6) is 1.91. The maximum atomic E-state index is 5.24. The number of hydrogen-bond donors (Lipinski definition) is 0. The van der Waals surface area contributed by atoms with Crippen LogP contribution < -0.4 is 0 Å². The van der Waals surface area contributed by atoms with Crippen molar-refractivity contribution in [2.24, 2.45) is 0 Å². The van der Waals surface area contributed by atoms with Crippen LogP contribution in [0.25, 0.3) is 100 Å². The van der Waals surface area contributed by atoms with Crippen molar-refractivity contribution in [3.05, 3.63) is 212 Å². The van der Waals surface area contributed by atoms with Gasteiger partial charge in [-0.1, -0.05) is 200 Å². The molecular weight excluding hydrogens is 679 g/mol. The zero-order valence-corrected chi connectivity index (χ0v) is 30.5. The molecule has 0 N–H and O–H groups in total. The number of aromatic nitrogens is 3. The van der Waals surface area contributed by atoms with Crippen molar-refractivity contribution in [3.63, 3.8) is 0 Å². The fraction of sp³-hybridized carbons (Fsp3) is 0. The zero-order valence-electron chi connectivity index (χ0n) is 30.5. The minimum Gasteiger partial charge on any atom is -0.208 e. The Morgan fingerprint density at radius 1 is 0.196 bits per heavy atom. The molecule has 0 aliphatic heterocycles. The summed E-state index contributed by atoms with van der Waals surface area (Å²) in [7, 11) is 0. The lowest BCUT2D eigenvalue weighted by Gasteiger charge is -2.16. The number of hydrogen-bond acceptors (Lipinski definition) is 3. The molecule has 0 amide bonds. The highest BCUT2D eigenvalue weighted by atomic mass is 15.0. The first-order valence-electron chi connectivity index (χ1n) is 18.9. The van der Waals surface area contributed by atoms with Gasteiger partial charge in [-0.15, -0.1) is 0 Å². The first-order valence-corrected chi connectivity index (χ1v) is 18.9. The Bertz CT molecular complexity index is 3010. The summed E-state index contributed by atoms with van der Waals surface area (Å²) in [5, 5.41) is 4.65. The molecular formula is C53H35N3. The monoisotopic (exact) mass is 713 g/mol. The van der Waals surface area contributed by atoms with E-state index in [0.717, 1.165) is 44.2 Å². The van der Waals surface area contributed by atoms with Gasteiger partial charge in [0.2, 0.25) is 0 Å². The van der Waals surface area contributed by atoms with Crippen LogP contribution in [0.1, 0.15) is 0 Å². The first-order chi connectivity index (χ1) is 27.8. The van der Waals surface area contributed by atoms with Gasteiger partial charge in [-0.3, -0.25) is 0 Å². The van der Waals surface area contributed by atoms with Crippen LogP contribution in [0.4, 0.5) is 0 Å². The normalized spacial score (nSPS) is 11.2. The number of fused-ring (bicyclic) bond motifs is 2. The molecule has 3 heteroatoms. The highest BCUT2D eigenvalue weighted by Gasteiger charge is 2.19. The van der Waals surface area contributed by atoms with Gasteiger partial charge in [-0.2, -0.15) is 0 Å². The third-order valence-electron chi connectivity index (χ3n) is 10.6. The van der Waals surface area contributed by atoms with E-state index in [1.54, 1.807) is 0 Å². The molecule has 10 rings (SSSR count). The summed E-state index contributed by atoms with van der Waals surface area (Å²) in [4.78, 5) is 15.5. The first kappa shape index (κ1) is 33.1. The van der Waals surface area contributed by atoms with Crippen molar-refractivity contribution in [1.82, 2.24) is 15.0 Å². The molecule has 1 aromatic heterocycles. The standard InChI is InChI=1S/C53H35N3/c1-4-17-36(18-5-1)39-23-16-24-40(35-39)42-31-32-47(44-27-12-11-26-43(42)44)48-33-34-50(46-29-14-13-28-45(46)48)53-55-51(38-21-8-3-9-22-38)54-52(56-53)49-30-15-10-25-41(49)37-19-6-2-7-20-37/h1-35H. The van der Waals surface area contributed by atoms with E-state index in [1.807, 2.05) is 30.3 Å². The SMILES string of the molecule is c1ccc(-c2cccc(-c3ccc(-c4ccc(-c5nc(-c6ccccc6)nc(-c6ccccc6-c6ccccc6)n5)c5ccccc45)c4ccccc34)c2)cc1. The Kier molecular flexibility index (Phi) is 8.51. The van der Waals surface area contributed by atoms with Gasteiger partial charge in [-0.05, 0) is 78.2 Å². The molecule has 0 saturated heterocycles. The zero-order chi connectivity index (χ0) is 37.3. The van der Waals surface area contributed by atoms with Crippen LogP contribution >= 0.6 is 0 Å². The van der Waals surface area contributed by atoms with Crippen molar-refractivity contribution in [2.45, 2.75) is 0 Å². The summed E-state index contributed by atoms with van der Waals surface area (Å²) in [6.07, 6.45) is 0. The van der Waals surface area contributed by atoms with E-state index in [0.29, 0.717) is 17.5 Å². The molecule has 3 nitrogen and oxygen atoms in total. The Morgan fingerprint density at radius 3 is 1.21 bits per heavy atom. The van der Waals surface area contributed by atoms with Crippen molar-refractivity contribution < 1.29 is 0 Å². The molecule has 0 unspecified atom stereocenters. The minimum absolute atomic E-state index is 0.637. The lowest BCUT2D eigenvalue weighted by Crippen LogP contribution is -2.01. The minimum atomic E-state index is 0.637. The average molecular weight is 714 g/mol. The Hall–Kier alpha value is -7.49. The molecule has 10 aromatic rings. The van der Waals surface area contributed by atoms with Gasteiger partial charge in [-0.25, -0.2) is 15.0 Å². The third-order valence-corrected chi connectivity index (χ3v) is 10.6. The fourth-order valence-electron chi connectivity index (χ4n) is 7.89. The molecule has 0 fully saturated rings. The topological polar surface area (TPSA) is 38.7 Å². The van der Waals surface area contributed by atoms with E-state index >= 15 is 0 Å². The summed E-state index contributed by atoms with van der Waals surface area (Å²) in [5.41, 5.74) is 12.2. The summed E-state index contributed by atoms with van der Waals surface area (Å²) >= 11 is 0. The Balaban J connectivity index is 1.13. The Labute approximate surface area is 326 Å². The second kappa shape index (κ2) is 14.4. The van der Waals surface area contributed by atoms with E-state index in [9.17, 15) is 0 Å². The van der Waals surface area contributed by atoms with Crippen LogP contribution in [0.5, 0.6) is 0 Å². The molecule has 0 aliphatic rings. The van der Waals surface area contributed by atoms with E-state index in [2.05, 4.69) is 182 Å². The fourth-order valence-corrected chi connectivity index (χ4v) is 7.89. The van der Waals surface area contributed by atoms with Gasteiger partial charge in [0.05, 0.1) is 0 Å². The van der Waals surface area contributed by atoms with Gasteiger partial charge < -0.3 is 0 Å². The maximum Gasteiger partial charge on any atom is 0.164 e. The molecule has 0 aliphatic carbocycles. The lowest BCUT2D eigenvalue weighted by molar-refractivity contribution is 1.08. The highest BCUT2D eigenvalue weighted by molar-refractivity contribution is 6.12. The molecule has 1 heterocycles. The van der Waals surface area contributed by atoms with Gasteiger partial charge in [0.25, 0.3) is 0 Å². The van der Waals surface area contributed by atoms with Gasteiger partial charge in [0, 0.05) is 16.7 Å². The molecule has 0 saturated carbocycles. The summed E-state index contributed by atoms with van der Waals surface area (Å²) in [6, 6.07) is 74.7. The van der Waals surface area contributed by atoms with Crippen molar-refractivity contribution in [2.75, 3.05) is 0 Å². The summed E-state index contributed by atoms with van der Waals surface area (Å²) in [6.45, 7) is 0. The van der Waals surface area contributed by atoms with E-state index in [-0.39, 0.29) is 0 Å². The lowest BCUT2D eigenvalue weighted by atomic mass is 9.88. The molecule has 0 atom stereocenters. The molecule has 0 spiro atoms. The smallest absolute Gasteiger partial charge is 0.164 e. The van der Waals surface area contributed by atoms with Crippen molar-refractivity contribution in [1.29, 1.82) is 0 Å². The third kappa shape index (κ3) is 6.12. The molecule has 0 bridgehead atoms. The largest absolute Gasteiger partial charge is 0.208 e. The van der Waals surface area contributed by atoms with Crippen molar-refractivity contribution in [3.8, 4) is 78.7 Å². The molecule has 262 valence electrons. The van der Waals surface area contributed by atoms with Crippen molar-refractivity contribution >= 4 is 21.5 Å². The Morgan fingerprint density at radius 2 is 0.589 bits per heavy atom. The predicted molar refractivity (Wildman–Crippen MR) is 233 cm³/mol. The number of nitrogens with zero attached hydrogens (tertiary/aromatic N) is 3. The quantitative estimate of drug-likeness (QED) is 0.165.